The summed E-state index contributed by atoms with van der Waals surface area (Å²) in [6.45, 7) is 0.676. The molecule has 0 aromatic heterocycles. The number of aliphatic hydroxyl groups is 2. The fraction of sp³-hybridized carbons (Fsp3) is 0.417. The number of anilines is 2. The van der Waals surface area contributed by atoms with E-state index in [2.05, 4.69) is 5.32 Å². The molecule has 0 aliphatic carbocycles. The first kappa shape index (κ1) is 12.7. The van der Waals surface area contributed by atoms with Crippen LogP contribution in [0.3, 0.4) is 0 Å². The molecule has 1 heterocycles. The quantitative estimate of drug-likeness (QED) is 0.514. The van der Waals surface area contributed by atoms with Crippen LogP contribution >= 0.6 is 0 Å². The van der Waals surface area contributed by atoms with Gasteiger partial charge in [-0.15, -0.1) is 0 Å². The Bertz CT molecular complexity index is 454. The van der Waals surface area contributed by atoms with Gasteiger partial charge in [0.1, 0.15) is 0 Å². The summed E-state index contributed by atoms with van der Waals surface area (Å²) in [5.41, 5.74) is 7.56. The van der Waals surface area contributed by atoms with Gasteiger partial charge in [-0.3, -0.25) is 4.79 Å². The first-order chi connectivity index (χ1) is 8.52. The van der Waals surface area contributed by atoms with Crippen LogP contribution in [0.15, 0.2) is 18.2 Å². The third kappa shape index (κ3) is 2.25. The highest BCUT2D eigenvalue weighted by atomic mass is 16.3. The fourth-order valence-electron chi connectivity index (χ4n) is 2.09. The number of hydrogen-bond donors (Lipinski definition) is 4. The summed E-state index contributed by atoms with van der Waals surface area (Å²) >= 11 is 0. The molecule has 0 saturated carbocycles. The van der Waals surface area contributed by atoms with Gasteiger partial charge in [0.2, 0.25) is 0 Å². The summed E-state index contributed by atoms with van der Waals surface area (Å²) in [7, 11) is 1.56. The van der Waals surface area contributed by atoms with Gasteiger partial charge in [-0.2, -0.15) is 0 Å². The van der Waals surface area contributed by atoms with Gasteiger partial charge >= 0.3 is 0 Å². The van der Waals surface area contributed by atoms with Gasteiger partial charge < -0.3 is 26.2 Å². The number of nitrogens with one attached hydrogen (secondary N) is 1. The van der Waals surface area contributed by atoms with Crippen LogP contribution in [0, 0.1) is 0 Å². The minimum atomic E-state index is -0.761. The highest BCUT2D eigenvalue weighted by Gasteiger charge is 2.30. The number of benzene rings is 1. The van der Waals surface area contributed by atoms with Crippen molar-refractivity contribution in [2.75, 3.05) is 30.8 Å². The second-order valence-corrected chi connectivity index (χ2v) is 4.39. The first-order valence-corrected chi connectivity index (χ1v) is 5.75. The van der Waals surface area contributed by atoms with Crippen molar-refractivity contribution in [2.24, 2.45) is 0 Å². The number of aliphatic hydroxyl groups excluding tert-OH is 2. The molecule has 0 bridgehead atoms. The van der Waals surface area contributed by atoms with E-state index in [1.807, 2.05) is 0 Å². The van der Waals surface area contributed by atoms with E-state index in [1.165, 1.54) is 0 Å². The molecule has 2 rings (SSSR count). The molecule has 1 fully saturated rings. The molecule has 5 N–H and O–H groups in total. The first-order valence-electron chi connectivity index (χ1n) is 5.75. The number of nitrogens with zero attached hydrogens (tertiary/aromatic N) is 1. The van der Waals surface area contributed by atoms with Crippen molar-refractivity contribution in [3.63, 3.8) is 0 Å². The third-order valence-corrected chi connectivity index (χ3v) is 3.12. The Hall–Kier alpha value is -1.79. The molecule has 1 saturated heterocycles. The van der Waals surface area contributed by atoms with E-state index in [4.69, 9.17) is 5.73 Å². The number of carbonyl (C=O) groups is 1. The maximum Gasteiger partial charge on any atom is 0.251 e. The van der Waals surface area contributed by atoms with Gasteiger partial charge in [0.25, 0.3) is 5.91 Å². The van der Waals surface area contributed by atoms with Crippen LogP contribution in [0.25, 0.3) is 0 Å². The van der Waals surface area contributed by atoms with Crippen LogP contribution in [0.5, 0.6) is 0 Å². The SMILES string of the molecule is CNC(=O)c1ccc(N2CC(O)C(O)C2)c(N)c1. The molecular weight excluding hydrogens is 234 g/mol. The van der Waals surface area contributed by atoms with E-state index in [0.29, 0.717) is 24.3 Å². The predicted molar refractivity (Wildman–Crippen MR) is 68.5 cm³/mol. The normalized spacial score (nSPS) is 23.2. The lowest BCUT2D eigenvalue weighted by molar-refractivity contribution is 0.0572. The monoisotopic (exact) mass is 251 g/mol. The molecule has 2 unspecified atom stereocenters. The summed E-state index contributed by atoms with van der Waals surface area (Å²) in [4.78, 5) is 13.2. The molecule has 6 nitrogen and oxygen atoms in total. The Labute approximate surface area is 105 Å². The number of hydrogen-bond acceptors (Lipinski definition) is 5. The van der Waals surface area contributed by atoms with E-state index in [1.54, 1.807) is 30.1 Å². The molecule has 2 atom stereocenters. The zero-order valence-corrected chi connectivity index (χ0v) is 10.1. The molecule has 1 aromatic carbocycles. The van der Waals surface area contributed by atoms with E-state index >= 15 is 0 Å². The molecule has 0 spiro atoms. The van der Waals surface area contributed by atoms with Gasteiger partial charge in [0, 0.05) is 25.7 Å². The van der Waals surface area contributed by atoms with Crippen molar-refractivity contribution in [2.45, 2.75) is 12.2 Å². The Morgan fingerprint density at radius 2 is 2.00 bits per heavy atom. The van der Waals surface area contributed by atoms with E-state index in [0.717, 1.165) is 5.69 Å². The smallest absolute Gasteiger partial charge is 0.251 e. The third-order valence-electron chi connectivity index (χ3n) is 3.12. The highest BCUT2D eigenvalue weighted by molar-refractivity contribution is 5.96. The topological polar surface area (TPSA) is 98.8 Å². The van der Waals surface area contributed by atoms with Gasteiger partial charge in [-0.1, -0.05) is 0 Å². The fourth-order valence-corrected chi connectivity index (χ4v) is 2.09. The van der Waals surface area contributed by atoms with Crippen LogP contribution in [-0.4, -0.2) is 48.5 Å². The molecule has 98 valence electrons. The zero-order valence-electron chi connectivity index (χ0n) is 10.1. The largest absolute Gasteiger partial charge is 0.397 e. The van der Waals surface area contributed by atoms with Crippen LogP contribution < -0.4 is 16.0 Å². The van der Waals surface area contributed by atoms with Gasteiger partial charge in [0.15, 0.2) is 0 Å². The zero-order chi connectivity index (χ0) is 13.3. The minimum absolute atomic E-state index is 0.199. The van der Waals surface area contributed by atoms with Gasteiger partial charge in [-0.25, -0.2) is 0 Å². The van der Waals surface area contributed by atoms with Crippen LogP contribution in [-0.2, 0) is 0 Å². The molecule has 1 aliphatic rings. The molecule has 18 heavy (non-hydrogen) atoms. The molecular formula is C12H17N3O3. The molecule has 0 radical (unpaired) electrons. The number of nitrogen functional groups attached to an aromatic ring is 1. The number of rotatable bonds is 2. The summed E-state index contributed by atoms with van der Waals surface area (Å²) in [5.74, 6) is -0.199. The van der Waals surface area contributed by atoms with Crippen LogP contribution in [0.1, 0.15) is 10.4 Å². The van der Waals surface area contributed by atoms with E-state index < -0.39 is 12.2 Å². The second kappa shape index (κ2) is 4.83. The molecule has 1 amide bonds. The van der Waals surface area contributed by atoms with E-state index in [9.17, 15) is 15.0 Å². The minimum Gasteiger partial charge on any atom is -0.397 e. The lowest BCUT2D eigenvalue weighted by Gasteiger charge is -2.20. The molecule has 6 heteroatoms. The average Bonchev–Trinajstić information content (AvgIpc) is 2.68. The molecule has 1 aromatic rings. The van der Waals surface area contributed by atoms with Gasteiger partial charge in [0.05, 0.1) is 23.6 Å². The Kier molecular flexibility index (Phi) is 3.40. The van der Waals surface area contributed by atoms with Crippen molar-refractivity contribution in [1.82, 2.24) is 5.32 Å². The van der Waals surface area contributed by atoms with Crippen LogP contribution in [0.2, 0.25) is 0 Å². The van der Waals surface area contributed by atoms with Crippen LogP contribution in [0.4, 0.5) is 11.4 Å². The van der Waals surface area contributed by atoms with Crippen molar-refractivity contribution in [3.8, 4) is 0 Å². The lowest BCUT2D eigenvalue weighted by Crippen LogP contribution is -2.23. The second-order valence-electron chi connectivity index (χ2n) is 4.39. The Morgan fingerprint density at radius 3 is 2.50 bits per heavy atom. The summed E-state index contributed by atoms with van der Waals surface area (Å²) < 4.78 is 0. The number of β-amino-alcohol motifs (C(OH)–C–C–N with tert-alkyl or cyclic N) is 2. The maximum absolute atomic E-state index is 11.4. The van der Waals surface area contributed by atoms with Crippen molar-refractivity contribution >= 4 is 17.3 Å². The lowest BCUT2D eigenvalue weighted by atomic mass is 10.1. The predicted octanol–water partition coefficient (Wildman–Crippen LogP) is -0.830. The average molecular weight is 251 g/mol. The van der Waals surface area contributed by atoms with Crippen molar-refractivity contribution in [1.29, 1.82) is 0 Å². The number of amides is 1. The van der Waals surface area contributed by atoms with Crippen molar-refractivity contribution in [3.05, 3.63) is 23.8 Å². The van der Waals surface area contributed by atoms with E-state index in [-0.39, 0.29) is 5.91 Å². The van der Waals surface area contributed by atoms with Crippen molar-refractivity contribution < 1.29 is 15.0 Å². The molecule has 1 aliphatic heterocycles. The van der Waals surface area contributed by atoms with Gasteiger partial charge in [-0.05, 0) is 18.2 Å². The summed E-state index contributed by atoms with van der Waals surface area (Å²) in [5, 5.41) is 21.5. The number of nitrogens with two attached hydrogens (primary N) is 1. The maximum atomic E-state index is 11.4. The number of carbonyl (C=O) groups excluding carboxylic acids is 1. The summed E-state index contributed by atoms with van der Waals surface area (Å²) in [6, 6.07) is 4.98. The standard InChI is InChI=1S/C12H17N3O3/c1-14-12(18)7-2-3-9(8(13)4-7)15-5-10(16)11(17)6-15/h2-4,10-11,16-17H,5-6,13H2,1H3,(H,14,18). The highest BCUT2D eigenvalue weighted by Crippen LogP contribution is 2.27. The Morgan fingerprint density at radius 1 is 1.39 bits per heavy atom. The summed E-state index contributed by atoms with van der Waals surface area (Å²) in [6.07, 6.45) is -1.52. The Balaban J connectivity index is 2.23.